The largest absolute Gasteiger partial charge is 0.479 e. The first-order valence-electron chi connectivity index (χ1n) is 8.07. The van der Waals surface area contributed by atoms with E-state index in [1.807, 2.05) is 44.2 Å². The number of carbonyl (C=O) groups excluding carboxylic acids is 1. The molecule has 1 aromatic heterocycles. The summed E-state index contributed by atoms with van der Waals surface area (Å²) < 4.78 is 5.21. The quantitative estimate of drug-likeness (QED) is 0.727. The number of benzene rings is 1. The second-order valence-corrected chi connectivity index (χ2v) is 5.77. The van der Waals surface area contributed by atoms with E-state index in [4.69, 9.17) is 10.00 Å². The maximum atomic E-state index is 12.5. The molecule has 2 aromatic rings. The fraction of sp³-hybridized carbons (Fsp3) is 0.250. The van der Waals surface area contributed by atoms with Crippen LogP contribution in [0, 0.1) is 11.3 Å². The smallest absolute Gasteiger partial charge is 0.247 e. The molecule has 0 atom stereocenters. The van der Waals surface area contributed by atoms with Gasteiger partial charge in [-0.05, 0) is 49.2 Å². The zero-order chi connectivity index (χ0) is 18.1. The Morgan fingerprint density at radius 2 is 2.08 bits per heavy atom. The Balaban J connectivity index is 2.02. The molecule has 0 unspecified atom stereocenters. The summed E-state index contributed by atoms with van der Waals surface area (Å²) in [7, 11) is 0. The first kappa shape index (κ1) is 18.2. The van der Waals surface area contributed by atoms with Crippen LogP contribution < -0.4 is 4.74 Å². The van der Waals surface area contributed by atoms with Crippen LogP contribution in [0.4, 0.5) is 0 Å². The number of nitriles is 1. The lowest BCUT2D eigenvalue weighted by Crippen LogP contribution is -2.35. The summed E-state index contributed by atoms with van der Waals surface area (Å²) in [6.45, 7) is 4.52. The molecule has 0 bridgehead atoms. The van der Waals surface area contributed by atoms with Crippen molar-refractivity contribution in [3.63, 3.8) is 0 Å². The topological polar surface area (TPSA) is 66.2 Å². The summed E-state index contributed by atoms with van der Waals surface area (Å²) in [5.74, 6) is 0.578. The van der Waals surface area contributed by atoms with Crippen molar-refractivity contribution in [2.45, 2.75) is 26.4 Å². The van der Waals surface area contributed by atoms with E-state index >= 15 is 0 Å². The second-order valence-electron chi connectivity index (χ2n) is 5.77. The summed E-state index contributed by atoms with van der Waals surface area (Å²) >= 11 is 0. The Morgan fingerprint density at radius 1 is 1.32 bits per heavy atom. The Morgan fingerprint density at radius 3 is 2.68 bits per heavy atom. The van der Waals surface area contributed by atoms with Crippen LogP contribution in [0.2, 0.25) is 0 Å². The molecule has 0 aliphatic heterocycles. The zero-order valence-electron chi connectivity index (χ0n) is 14.4. The van der Waals surface area contributed by atoms with Crippen molar-refractivity contribution in [1.82, 2.24) is 9.88 Å². The fourth-order valence-corrected chi connectivity index (χ4v) is 2.26. The van der Waals surface area contributed by atoms with Gasteiger partial charge in [-0.3, -0.25) is 9.78 Å². The maximum Gasteiger partial charge on any atom is 0.247 e. The molecule has 5 nitrogen and oxygen atoms in total. The number of hydrogen-bond donors (Lipinski definition) is 0. The van der Waals surface area contributed by atoms with Gasteiger partial charge in [0.15, 0.2) is 6.61 Å². The molecule has 1 amide bonds. The van der Waals surface area contributed by atoms with Gasteiger partial charge in [0.2, 0.25) is 5.91 Å². The number of ether oxygens (including phenoxy) is 1. The number of amides is 1. The highest BCUT2D eigenvalue weighted by Gasteiger charge is 2.14. The Kier molecular flexibility index (Phi) is 6.73. The minimum atomic E-state index is -0.0522. The average Bonchev–Trinajstić information content (AvgIpc) is 2.64. The minimum absolute atomic E-state index is 0.0192. The van der Waals surface area contributed by atoms with E-state index in [1.54, 1.807) is 41.6 Å². The number of aromatic nitrogens is 1. The summed E-state index contributed by atoms with van der Waals surface area (Å²) in [5.41, 5.74) is 1.89. The van der Waals surface area contributed by atoms with E-state index in [0.717, 1.165) is 11.1 Å². The monoisotopic (exact) mass is 335 g/mol. The van der Waals surface area contributed by atoms with Crippen LogP contribution in [-0.4, -0.2) is 28.4 Å². The molecule has 5 heteroatoms. The normalized spacial score (nSPS) is 10.6. The molecule has 0 radical (unpaired) electrons. The third kappa shape index (κ3) is 5.78. The molecule has 25 heavy (non-hydrogen) atoms. The Bertz CT molecular complexity index is 747. The predicted octanol–water partition coefficient (Wildman–Crippen LogP) is 3.43. The zero-order valence-corrected chi connectivity index (χ0v) is 14.4. The van der Waals surface area contributed by atoms with Crippen molar-refractivity contribution in [3.8, 4) is 11.8 Å². The van der Waals surface area contributed by atoms with Crippen LogP contribution in [0.3, 0.4) is 0 Å². The molecule has 0 aliphatic rings. The van der Waals surface area contributed by atoms with Crippen molar-refractivity contribution in [3.05, 3.63) is 66.0 Å². The number of hydrogen-bond acceptors (Lipinski definition) is 4. The van der Waals surface area contributed by atoms with Crippen LogP contribution in [0.5, 0.6) is 5.75 Å². The number of carbonyl (C=O) groups is 1. The van der Waals surface area contributed by atoms with E-state index in [0.29, 0.717) is 12.3 Å². The van der Waals surface area contributed by atoms with Gasteiger partial charge >= 0.3 is 0 Å². The van der Waals surface area contributed by atoms with Gasteiger partial charge in [0.25, 0.3) is 0 Å². The van der Waals surface area contributed by atoms with Crippen molar-refractivity contribution in [1.29, 1.82) is 5.26 Å². The summed E-state index contributed by atoms with van der Waals surface area (Å²) in [4.78, 5) is 18.4. The standard InChI is InChI=1S/C20H21N3O2/c1-16(2)23(15-18-4-3-12-22-14-18)20(24)10-7-17-5-8-19(9-6-17)25-13-11-21/h3-10,12,14,16H,13,15H2,1-2H3/b10-7+. The molecule has 0 N–H and O–H groups in total. The molecule has 0 aliphatic carbocycles. The number of rotatable bonds is 7. The minimum Gasteiger partial charge on any atom is -0.479 e. The van der Waals surface area contributed by atoms with Crippen LogP contribution in [0.25, 0.3) is 6.08 Å². The molecular weight excluding hydrogens is 314 g/mol. The van der Waals surface area contributed by atoms with Gasteiger partial charge in [0, 0.05) is 31.1 Å². The lowest BCUT2D eigenvalue weighted by molar-refractivity contribution is -0.128. The van der Waals surface area contributed by atoms with Crippen LogP contribution >= 0.6 is 0 Å². The van der Waals surface area contributed by atoms with Gasteiger partial charge in [-0.25, -0.2) is 0 Å². The van der Waals surface area contributed by atoms with E-state index in [1.165, 1.54) is 0 Å². The molecule has 0 saturated heterocycles. The maximum absolute atomic E-state index is 12.5. The Labute approximate surface area is 148 Å². The van der Waals surface area contributed by atoms with E-state index in [2.05, 4.69) is 4.98 Å². The van der Waals surface area contributed by atoms with Crippen molar-refractivity contribution >= 4 is 12.0 Å². The van der Waals surface area contributed by atoms with Crippen molar-refractivity contribution in [2.75, 3.05) is 6.61 Å². The van der Waals surface area contributed by atoms with Gasteiger partial charge in [-0.15, -0.1) is 0 Å². The third-order valence-corrected chi connectivity index (χ3v) is 3.58. The third-order valence-electron chi connectivity index (χ3n) is 3.58. The molecular formula is C20H21N3O2. The Hall–Kier alpha value is -3.13. The first-order valence-corrected chi connectivity index (χ1v) is 8.07. The molecule has 1 aromatic carbocycles. The summed E-state index contributed by atoms with van der Waals surface area (Å²) in [5, 5.41) is 8.50. The predicted molar refractivity (Wildman–Crippen MR) is 96.5 cm³/mol. The highest BCUT2D eigenvalue weighted by molar-refractivity contribution is 5.92. The van der Waals surface area contributed by atoms with Crippen LogP contribution in [-0.2, 0) is 11.3 Å². The van der Waals surface area contributed by atoms with Gasteiger partial charge in [0.1, 0.15) is 11.8 Å². The van der Waals surface area contributed by atoms with E-state index in [-0.39, 0.29) is 18.6 Å². The molecule has 128 valence electrons. The lowest BCUT2D eigenvalue weighted by Gasteiger charge is -2.25. The lowest BCUT2D eigenvalue weighted by atomic mass is 10.2. The molecule has 0 fully saturated rings. The van der Waals surface area contributed by atoms with E-state index in [9.17, 15) is 4.79 Å². The molecule has 0 spiro atoms. The van der Waals surface area contributed by atoms with Crippen LogP contribution in [0.15, 0.2) is 54.9 Å². The van der Waals surface area contributed by atoms with Crippen LogP contribution in [0.1, 0.15) is 25.0 Å². The highest BCUT2D eigenvalue weighted by Crippen LogP contribution is 2.14. The highest BCUT2D eigenvalue weighted by atomic mass is 16.5. The van der Waals surface area contributed by atoms with Gasteiger partial charge in [-0.1, -0.05) is 18.2 Å². The van der Waals surface area contributed by atoms with E-state index < -0.39 is 0 Å². The van der Waals surface area contributed by atoms with Gasteiger partial charge in [-0.2, -0.15) is 5.26 Å². The molecule has 0 saturated carbocycles. The average molecular weight is 335 g/mol. The number of pyridine rings is 1. The van der Waals surface area contributed by atoms with Crippen molar-refractivity contribution in [2.24, 2.45) is 0 Å². The summed E-state index contributed by atoms with van der Waals surface area (Å²) in [6, 6.07) is 13.1. The van der Waals surface area contributed by atoms with Gasteiger partial charge < -0.3 is 9.64 Å². The fourth-order valence-electron chi connectivity index (χ4n) is 2.26. The first-order chi connectivity index (χ1) is 12.1. The second kappa shape index (κ2) is 9.24. The summed E-state index contributed by atoms with van der Waals surface area (Å²) in [6.07, 6.45) is 6.83. The molecule has 1 heterocycles. The van der Waals surface area contributed by atoms with Crippen molar-refractivity contribution < 1.29 is 9.53 Å². The SMILES string of the molecule is CC(C)N(Cc1cccnc1)C(=O)/C=C/c1ccc(OCC#N)cc1. The van der Waals surface area contributed by atoms with Gasteiger partial charge in [0.05, 0.1) is 0 Å². The number of nitrogens with zero attached hydrogens (tertiary/aromatic N) is 3. The molecule has 2 rings (SSSR count).